The van der Waals surface area contributed by atoms with Gasteiger partial charge in [0.15, 0.2) is 11.0 Å². The van der Waals surface area contributed by atoms with Gasteiger partial charge in [0.2, 0.25) is 0 Å². The lowest BCUT2D eigenvalue weighted by molar-refractivity contribution is 0.287. The van der Waals surface area contributed by atoms with Crippen molar-refractivity contribution in [3.63, 3.8) is 0 Å². The molecule has 10 heteroatoms. The number of halogens is 2. The van der Waals surface area contributed by atoms with Crippen molar-refractivity contribution in [2.75, 3.05) is 0 Å². The number of thioether (sulfide) groups is 1. The van der Waals surface area contributed by atoms with Crippen molar-refractivity contribution in [1.29, 1.82) is 0 Å². The zero-order chi connectivity index (χ0) is 23.3. The number of furan rings is 1. The Labute approximate surface area is 214 Å². The summed E-state index contributed by atoms with van der Waals surface area (Å²) in [6, 6.07) is 18.7. The summed E-state index contributed by atoms with van der Waals surface area (Å²) in [7, 11) is 0. The summed E-state index contributed by atoms with van der Waals surface area (Å²) in [6.45, 7) is 0.780. The number of rotatable bonds is 9. The van der Waals surface area contributed by atoms with Crippen molar-refractivity contribution < 1.29 is 9.15 Å². The van der Waals surface area contributed by atoms with E-state index in [-0.39, 0.29) is 6.61 Å². The second-order valence-electron chi connectivity index (χ2n) is 7.25. The first-order chi connectivity index (χ1) is 16.6. The lowest BCUT2D eigenvalue weighted by Crippen LogP contribution is -2.09. The van der Waals surface area contributed by atoms with Crippen LogP contribution in [0.3, 0.4) is 0 Å². The molecule has 0 bridgehead atoms. The molecule has 0 N–H and O–H groups in total. The molecule has 0 atom stereocenters. The number of nitrogens with zero attached hydrogens (tertiary/aromatic N) is 4. The van der Waals surface area contributed by atoms with Crippen molar-refractivity contribution in [2.45, 2.75) is 24.1 Å². The van der Waals surface area contributed by atoms with Gasteiger partial charge < -0.3 is 9.15 Å². The van der Waals surface area contributed by atoms with Crippen molar-refractivity contribution in [2.24, 2.45) is 0 Å². The average Bonchev–Trinajstić information content (AvgIpc) is 3.60. The van der Waals surface area contributed by atoms with Crippen LogP contribution in [0.25, 0.3) is 10.6 Å². The fourth-order valence-electron chi connectivity index (χ4n) is 3.17. The zero-order valence-electron chi connectivity index (χ0n) is 17.7. The molecule has 0 saturated heterocycles. The molecule has 3 heterocycles. The molecule has 0 aliphatic rings. The van der Waals surface area contributed by atoms with Crippen LogP contribution in [0.2, 0.25) is 10.0 Å². The van der Waals surface area contributed by atoms with Crippen LogP contribution >= 0.6 is 46.3 Å². The fourth-order valence-corrected chi connectivity index (χ4v) is 5.20. The monoisotopic (exact) mass is 528 g/mol. The third kappa shape index (κ3) is 5.64. The Bertz CT molecular complexity index is 1350. The van der Waals surface area contributed by atoms with Gasteiger partial charge in [-0.3, -0.25) is 4.57 Å². The predicted molar refractivity (Wildman–Crippen MR) is 136 cm³/mol. The van der Waals surface area contributed by atoms with Gasteiger partial charge in [-0.05, 0) is 48.5 Å². The molecule has 5 aromatic rings. The SMILES string of the molecule is Clc1ccc(OCc2nnc(SCc3csc(-c4ccc(Cl)cc4)n3)n2Cc2ccco2)cc1. The van der Waals surface area contributed by atoms with Crippen LogP contribution in [0, 0.1) is 0 Å². The van der Waals surface area contributed by atoms with E-state index < -0.39 is 0 Å². The van der Waals surface area contributed by atoms with Crippen LogP contribution in [-0.4, -0.2) is 19.7 Å². The third-order valence-electron chi connectivity index (χ3n) is 4.86. The molecular formula is C24H18Cl2N4O2S2. The first-order valence-electron chi connectivity index (χ1n) is 10.3. The Morgan fingerprint density at radius 1 is 0.971 bits per heavy atom. The molecule has 0 spiro atoms. The van der Waals surface area contributed by atoms with Gasteiger partial charge in [0.1, 0.15) is 23.1 Å². The molecular weight excluding hydrogens is 511 g/mol. The van der Waals surface area contributed by atoms with Gasteiger partial charge >= 0.3 is 0 Å². The van der Waals surface area contributed by atoms with Crippen molar-refractivity contribution in [1.82, 2.24) is 19.7 Å². The van der Waals surface area contributed by atoms with Crippen molar-refractivity contribution in [3.8, 4) is 16.3 Å². The minimum absolute atomic E-state index is 0.271. The Morgan fingerprint density at radius 2 is 1.74 bits per heavy atom. The summed E-state index contributed by atoms with van der Waals surface area (Å²) in [4.78, 5) is 4.76. The summed E-state index contributed by atoms with van der Waals surface area (Å²) < 4.78 is 13.5. The van der Waals surface area contributed by atoms with E-state index in [1.807, 2.05) is 53.1 Å². The molecule has 0 radical (unpaired) electrons. The van der Waals surface area contributed by atoms with Crippen LogP contribution in [0.5, 0.6) is 5.75 Å². The number of hydrogen-bond acceptors (Lipinski definition) is 7. The molecule has 0 aliphatic carbocycles. The molecule has 0 saturated carbocycles. The second-order valence-corrected chi connectivity index (χ2v) is 9.92. The van der Waals surface area contributed by atoms with Crippen molar-refractivity contribution in [3.05, 3.63) is 99.6 Å². The molecule has 0 aliphatic heterocycles. The predicted octanol–water partition coefficient (Wildman–Crippen LogP) is 7.22. The van der Waals surface area contributed by atoms with Crippen LogP contribution in [0.15, 0.2) is 81.9 Å². The number of hydrogen-bond donors (Lipinski definition) is 0. The molecule has 3 aromatic heterocycles. The maximum absolute atomic E-state index is 6.00. The number of thiazole rings is 1. The average molecular weight is 529 g/mol. The van der Waals surface area contributed by atoms with Gasteiger partial charge in [-0.2, -0.15) is 0 Å². The Balaban J connectivity index is 1.30. The quantitative estimate of drug-likeness (QED) is 0.188. The maximum Gasteiger partial charge on any atom is 0.192 e. The van der Waals surface area contributed by atoms with Gasteiger partial charge in [-0.25, -0.2) is 4.98 Å². The van der Waals surface area contributed by atoms with Gasteiger partial charge in [0, 0.05) is 26.7 Å². The summed E-state index contributed by atoms with van der Waals surface area (Å²) in [5.74, 6) is 2.89. The molecule has 34 heavy (non-hydrogen) atoms. The van der Waals surface area contributed by atoms with Crippen molar-refractivity contribution >= 4 is 46.3 Å². The first kappa shape index (κ1) is 23.0. The largest absolute Gasteiger partial charge is 0.486 e. The zero-order valence-corrected chi connectivity index (χ0v) is 20.9. The molecule has 0 unspecified atom stereocenters. The Kier molecular flexibility index (Phi) is 7.20. The summed E-state index contributed by atoms with van der Waals surface area (Å²) in [5.41, 5.74) is 2.03. The van der Waals surface area contributed by atoms with E-state index in [1.165, 1.54) is 0 Å². The first-order valence-corrected chi connectivity index (χ1v) is 12.9. The highest BCUT2D eigenvalue weighted by atomic mass is 35.5. The van der Waals surface area contributed by atoms with E-state index in [2.05, 4.69) is 15.6 Å². The number of aromatic nitrogens is 4. The highest BCUT2D eigenvalue weighted by Crippen LogP contribution is 2.29. The minimum Gasteiger partial charge on any atom is -0.486 e. The lowest BCUT2D eigenvalue weighted by Gasteiger charge is -2.10. The van der Waals surface area contributed by atoms with Gasteiger partial charge in [-0.15, -0.1) is 21.5 Å². The summed E-state index contributed by atoms with van der Waals surface area (Å²) in [6.07, 6.45) is 1.66. The highest BCUT2D eigenvalue weighted by Gasteiger charge is 2.16. The maximum atomic E-state index is 6.00. The smallest absolute Gasteiger partial charge is 0.192 e. The van der Waals surface area contributed by atoms with Crippen LogP contribution < -0.4 is 4.74 Å². The molecule has 0 fully saturated rings. The fraction of sp³-hybridized carbons (Fsp3) is 0.125. The molecule has 6 nitrogen and oxygen atoms in total. The van der Waals surface area contributed by atoms with E-state index in [1.54, 1.807) is 41.5 Å². The van der Waals surface area contributed by atoms with E-state index >= 15 is 0 Å². The highest BCUT2D eigenvalue weighted by molar-refractivity contribution is 7.98. The molecule has 5 rings (SSSR count). The van der Waals surface area contributed by atoms with E-state index in [9.17, 15) is 0 Å². The Hall–Kier alpha value is -2.78. The second kappa shape index (κ2) is 10.7. The molecule has 0 amide bonds. The normalized spacial score (nSPS) is 11.1. The lowest BCUT2D eigenvalue weighted by atomic mass is 10.2. The van der Waals surface area contributed by atoms with Gasteiger partial charge in [-0.1, -0.05) is 47.1 Å². The van der Waals surface area contributed by atoms with Crippen LogP contribution in [0.1, 0.15) is 17.3 Å². The van der Waals surface area contributed by atoms with E-state index in [4.69, 9.17) is 37.3 Å². The number of ether oxygens (including phenoxy) is 1. The van der Waals surface area contributed by atoms with Crippen LogP contribution in [0.4, 0.5) is 0 Å². The number of benzene rings is 2. The summed E-state index contributed by atoms with van der Waals surface area (Å²) >= 11 is 15.1. The minimum atomic E-state index is 0.271. The van der Waals surface area contributed by atoms with Gasteiger partial charge in [0.25, 0.3) is 0 Å². The molecule has 172 valence electrons. The van der Waals surface area contributed by atoms with E-state index in [0.29, 0.717) is 33.9 Å². The topological polar surface area (TPSA) is 66.0 Å². The van der Waals surface area contributed by atoms with Gasteiger partial charge in [0.05, 0.1) is 18.5 Å². The standard InChI is InChI=1S/C24H18Cl2N4O2S2/c25-17-5-3-16(4-6-17)23-27-19(14-33-23)15-34-24-29-28-22(30(24)12-21-2-1-11-31-21)13-32-20-9-7-18(26)8-10-20/h1-11,14H,12-13,15H2. The Morgan fingerprint density at radius 3 is 2.47 bits per heavy atom. The van der Waals surface area contributed by atoms with E-state index in [0.717, 1.165) is 27.2 Å². The summed E-state index contributed by atoms with van der Waals surface area (Å²) in [5, 5.41) is 13.9. The van der Waals surface area contributed by atoms with Crippen LogP contribution in [-0.2, 0) is 18.9 Å². The molecule has 2 aromatic carbocycles. The third-order valence-corrected chi connectivity index (χ3v) is 7.31.